The van der Waals surface area contributed by atoms with Gasteiger partial charge in [0.1, 0.15) is 6.67 Å². The number of alkyl halides is 1. The van der Waals surface area contributed by atoms with Gasteiger partial charge < -0.3 is 11.1 Å². The molecule has 0 aliphatic carbocycles. The van der Waals surface area contributed by atoms with Gasteiger partial charge >= 0.3 is 0 Å². The van der Waals surface area contributed by atoms with Crippen LogP contribution in [0.5, 0.6) is 0 Å². The number of nitrogens with one attached hydrogen (secondary N) is 1. The average Bonchev–Trinajstić information content (AvgIpc) is 1.82. The predicted octanol–water partition coefficient (Wildman–Crippen LogP) is -0.581. The SMILES string of the molecule is CC(N)C(=O)NCCF. The first-order chi connectivity index (χ1) is 4.18. The second kappa shape index (κ2) is 4.26. The third kappa shape index (κ3) is 3.90. The quantitative estimate of drug-likeness (QED) is 0.542. The predicted molar refractivity (Wildman–Crippen MR) is 32.6 cm³/mol. The smallest absolute Gasteiger partial charge is 0.236 e. The van der Waals surface area contributed by atoms with E-state index in [1.165, 1.54) is 0 Å². The zero-order valence-corrected chi connectivity index (χ0v) is 5.36. The van der Waals surface area contributed by atoms with Crippen LogP contribution < -0.4 is 11.1 Å². The van der Waals surface area contributed by atoms with Crippen LogP contribution in [0.1, 0.15) is 6.92 Å². The molecule has 54 valence electrons. The van der Waals surface area contributed by atoms with Gasteiger partial charge in [-0.3, -0.25) is 4.79 Å². The van der Waals surface area contributed by atoms with Crippen LogP contribution in [0.25, 0.3) is 0 Å². The van der Waals surface area contributed by atoms with Crippen molar-refractivity contribution in [3.05, 3.63) is 0 Å². The van der Waals surface area contributed by atoms with Gasteiger partial charge in [-0.15, -0.1) is 0 Å². The van der Waals surface area contributed by atoms with Crippen LogP contribution in [0, 0.1) is 0 Å². The molecule has 3 nitrogen and oxygen atoms in total. The molecule has 0 radical (unpaired) electrons. The van der Waals surface area contributed by atoms with Gasteiger partial charge in [0.25, 0.3) is 0 Å². The first-order valence-electron chi connectivity index (χ1n) is 2.77. The lowest BCUT2D eigenvalue weighted by molar-refractivity contribution is -0.122. The number of rotatable bonds is 3. The van der Waals surface area contributed by atoms with Crippen LogP contribution in [0.4, 0.5) is 4.39 Å². The minimum atomic E-state index is -0.545. The zero-order chi connectivity index (χ0) is 7.28. The van der Waals surface area contributed by atoms with E-state index < -0.39 is 12.7 Å². The van der Waals surface area contributed by atoms with Crippen LogP contribution in [0.3, 0.4) is 0 Å². The molecule has 1 amide bonds. The fourth-order valence-electron chi connectivity index (χ4n) is 0.331. The number of carbonyl (C=O) groups excluding carboxylic acids is 1. The first-order valence-corrected chi connectivity index (χ1v) is 2.77. The van der Waals surface area contributed by atoms with Crippen LogP contribution >= 0.6 is 0 Å². The molecule has 9 heavy (non-hydrogen) atoms. The molecule has 0 fully saturated rings. The topological polar surface area (TPSA) is 55.1 Å². The van der Waals surface area contributed by atoms with Gasteiger partial charge in [0, 0.05) is 6.54 Å². The summed E-state index contributed by atoms with van der Waals surface area (Å²) in [7, 11) is 0. The summed E-state index contributed by atoms with van der Waals surface area (Å²) in [5.41, 5.74) is 5.14. The van der Waals surface area contributed by atoms with Crippen LogP contribution in [-0.2, 0) is 4.79 Å². The molecule has 3 N–H and O–H groups in total. The highest BCUT2D eigenvalue weighted by Crippen LogP contribution is 1.73. The second-order valence-corrected chi connectivity index (χ2v) is 1.77. The Morgan fingerprint density at radius 3 is 2.78 bits per heavy atom. The molecule has 0 aliphatic rings. The maximum Gasteiger partial charge on any atom is 0.236 e. The van der Waals surface area contributed by atoms with E-state index in [1.807, 2.05) is 0 Å². The molecule has 4 heteroatoms. The number of nitrogens with two attached hydrogens (primary N) is 1. The van der Waals surface area contributed by atoms with E-state index in [-0.39, 0.29) is 12.5 Å². The Labute approximate surface area is 53.4 Å². The van der Waals surface area contributed by atoms with E-state index in [2.05, 4.69) is 5.32 Å². The van der Waals surface area contributed by atoms with E-state index in [9.17, 15) is 9.18 Å². The Bertz CT molecular complexity index is 95.0. The molecular formula is C5H11FN2O. The summed E-state index contributed by atoms with van der Waals surface area (Å²) in [6.07, 6.45) is 0. The number of amides is 1. The minimum absolute atomic E-state index is 0.0559. The number of hydrogen-bond acceptors (Lipinski definition) is 2. The van der Waals surface area contributed by atoms with Crippen molar-refractivity contribution in [3.63, 3.8) is 0 Å². The largest absolute Gasteiger partial charge is 0.352 e. The third-order valence-corrected chi connectivity index (χ3v) is 0.807. The van der Waals surface area contributed by atoms with Crippen molar-refractivity contribution in [2.24, 2.45) is 5.73 Å². The fraction of sp³-hybridized carbons (Fsp3) is 0.800. The highest BCUT2D eigenvalue weighted by atomic mass is 19.1. The lowest BCUT2D eigenvalue weighted by Gasteiger charge is -2.03. The molecule has 0 aromatic carbocycles. The van der Waals surface area contributed by atoms with Crippen molar-refractivity contribution in [1.29, 1.82) is 0 Å². The van der Waals surface area contributed by atoms with Crippen molar-refractivity contribution in [2.75, 3.05) is 13.2 Å². The van der Waals surface area contributed by atoms with Crippen molar-refractivity contribution < 1.29 is 9.18 Å². The van der Waals surface area contributed by atoms with E-state index in [4.69, 9.17) is 5.73 Å². The number of hydrogen-bond donors (Lipinski definition) is 2. The summed E-state index contributed by atoms with van der Waals surface area (Å²) < 4.78 is 11.4. The van der Waals surface area contributed by atoms with Gasteiger partial charge in [0.05, 0.1) is 6.04 Å². The molecule has 1 atom stereocenters. The summed E-state index contributed by atoms with van der Waals surface area (Å²) in [5.74, 6) is -0.312. The zero-order valence-electron chi connectivity index (χ0n) is 5.36. The highest BCUT2D eigenvalue weighted by Gasteiger charge is 2.03. The Kier molecular flexibility index (Phi) is 3.96. The summed E-state index contributed by atoms with van der Waals surface area (Å²) in [5, 5.41) is 2.29. The van der Waals surface area contributed by atoms with Crippen molar-refractivity contribution in [3.8, 4) is 0 Å². The van der Waals surface area contributed by atoms with Gasteiger partial charge in [-0.1, -0.05) is 0 Å². The molecule has 0 saturated carbocycles. The van der Waals surface area contributed by atoms with Gasteiger partial charge in [-0.2, -0.15) is 0 Å². The van der Waals surface area contributed by atoms with Crippen molar-refractivity contribution in [1.82, 2.24) is 5.32 Å². The lowest BCUT2D eigenvalue weighted by atomic mass is 10.3. The molecular weight excluding hydrogens is 123 g/mol. The molecule has 1 unspecified atom stereocenters. The maximum atomic E-state index is 11.4. The summed E-state index contributed by atoms with van der Waals surface area (Å²) in [6, 6.07) is -0.545. The third-order valence-electron chi connectivity index (χ3n) is 0.807. The van der Waals surface area contributed by atoms with Crippen LogP contribution in [-0.4, -0.2) is 25.2 Å². The summed E-state index contributed by atoms with van der Waals surface area (Å²) in [4.78, 5) is 10.5. The van der Waals surface area contributed by atoms with Crippen LogP contribution in [0.2, 0.25) is 0 Å². The minimum Gasteiger partial charge on any atom is -0.352 e. The van der Waals surface area contributed by atoms with Crippen LogP contribution in [0.15, 0.2) is 0 Å². The summed E-state index contributed by atoms with van der Waals surface area (Å²) in [6.45, 7) is 1.06. The fourth-order valence-corrected chi connectivity index (χ4v) is 0.331. The van der Waals surface area contributed by atoms with E-state index in [1.54, 1.807) is 6.92 Å². The Morgan fingerprint density at radius 1 is 1.89 bits per heavy atom. The van der Waals surface area contributed by atoms with Crippen molar-refractivity contribution in [2.45, 2.75) is 13.0 Å². The molecule has 0 aromatic rings. The molecule has 0 heterocycles. The molecule has 0 bridgehead atoms. The molecule has 0 rings (SSSR count). The number of carbonyl (C=O) groups is 1. The molecule has 0 aromatic heterocycles. The van der Waals surface area contributed by atoms with Gasteiger partial charge in [0.15, 0.2) is 0 Å². The van der Waals surface area contributed by atoms with E-state index in [0.717, 1.165) is 0 Å². The van der Waals surface area contributed by atoms with E-state index >= 15 is 0 Å². The molecule has 0 saturated heterocycles. The Balaban J connectivity index is 3.28. The normalized spacial score (nSPS) is 12.8. The second-order valence-electron chi connectivity index (χ2n) is 1.77. The van der Waals surface area contributed by atoms with E-state index in [0.29, 0.717) is 0 Å². The van der Waals surface area contributed by atoms with Gasteiger partial charge in [-0.05, 0) is 6.92 Å². The van der Waals surface area contributed by atoms with Gasteiger partial charge in [0.2, 0.25) is 5.91 Å². The molecule has 0 spiro atoms. The Morgan fingerprint density at radius 2 is 2.44 bits per heavy atom. The van der Waals surface area contributed by atoms with Gasteiger partial charge in [-0.25, -0.2) is 4.39 Å². The van der Waals surface area contributed by atoms with Crippen molar-refractivity contribution >= 4 is 5.91 Å². The first kappa shape index (κ1) is 8.36. The lowest BCUT2D eigenvalue weighted by Crippen LogP contribution is -2.39. The monoisotopic (exact) mass is 134 g/mol. The average molecular weight is 134 g/mol. The standard InChI is InChI=1S/C5H11FN2O/c1-4(7)5(9)8-3-2-6/h4H,2-3,7H2,1H3,(H,8,9). The highest BCUT2D eigenvalue weighted by molar-refractivity contribution is 5.80. The molecule has 0 aliphatic heterocycles. The number of halogens is 1. The Hall–Kier alpha value is -0.640. The maximum absolute atomic E-state index is 11.4. The summed E-state index contributed by atoms with van der Waals surface area (Å²) >= 11 is 0.